The third-order valence-corrected chi connectivity index (χ3v) is 5.91. The van der Waals surface area contributed by atoms with Gasteiger partial charge < -0.3 is 19.9 Å². The van der Waals surface area contributed by atoms with E-state index in [0.717, 1.165) is 24.8 Å². The maximum atomic E-state index is 12.8. The van der Waals surface area contributed by atoms with Crippen LogP contribution < -0.4 is 5.32 Å². The highest BCUT2D eigenvalue weighted by molar-refractivity contribution is 5.97. The predicted molar refractivity (Wildman–Crippen MR) is 114 cm³/mol. The lowest BCUT2D eigenvalue weighted by atomic mass is 9.88. The molecule has 2 aliphatic rings. The number of methoxy groups -OCH3 is 1. The Balaban J connectivity index is 1.64. The van der Waals surface area contributed by atoms with Crippen LogP contribution in [0.1, 0.15) is 48.9 Å². The predicted octanol–water partition coefficient (Wildman–Crippen LogP) is 2.92. The zero-order chi connectivity index (χ0) is 21.5. The van der Waals surface area contributed by atoms with E-state index in [-0.39, 0.29) is 23.6 Å². The van der Waals surface area contributed by atoms with E-state index < -0.39 is 0 Å². The topological polar surface area (TPSA) is 85.7 Å². The van der Waals surface area contributed by atoms with E-state index in [9.17, 15) is 14.9 Å². The number of nitriles is 1. The zero-order valence-electron chi connectivity index (χ0n) is 17.8. The van der Waals surface area contributed by atoms with E-state index in [1.165, 1.54) is 31.1 Å². The second-order valence-corrected chi connectivity index (χ2v) is 7.82. The van der Waals surface area contributed by atoms with Gasteiger partial charge in [0.1, 0.15) is 11.6 Å². The zero-order valence-corrected chi connectivity index (χ0v) is 17.8. The number of nitrogens with one attached hydrogen (secondary N) is 1. The van der Waals surface area contributed by atoms with Gasteiger partial charge in [-0.2, -0.15) is 5.26 Å². The van der Waals surface area contributed by atoms with Crippen molar-refractivity contribution in [1.82, 2.24) is 15.1 Å². The van der Waals surface area contributed by atoms with Gasteiger partial charge in [-0.25, -0.2) is 4.79 Å². The molecule has 0 aromatic heterocycles. The van der Waals surface area contributed by atoms with Crippen LogP contribution in [0.15, 0.2) is 30.0 Å². The van der Waals surface area contributed by atoms with Crippen molar-refractivity contribution in [3.63, 3.8) is 0 Å². The number of hydrogen-bond acceptors (Lipinski definition) is 5. The second-order valence-electron chi connectivity index (χ2n) is 7.82. The first-order valence-electron chi connectivity index (χ1n) is 10.7. The summed E-state index contributed by atoms with van der Waals surface area (Å²) in [6.45, 7) is 4.13. The van der Waals surface area contributed by atoms with Gasteiger partial charge in [-0.1, -0.05) is 25.1 Å². The molecule has 7 heteroatoms. The Hall–Kier alpha value is -3.01. The number of rotatable bonds is 5. The molecule has 1 aliphatic carbocycles. The van der Waals surface area contributed by atoms with Crippen LogP contribution in [0.2, 0.25) is 0 Å². The highest BCUT2D eigenvalue weighted by atomic mass is 16.5. The van der Waals surface area contributed by atoms with Gasteiger partial charge in [0.05, 0.1) is 13.2 Å². The Bertz CT molecular complexity index is 850. The van der Waals surface area contributed by atoms with Crippen LogP contribution in [0.4, 0.5) is 4.79 Å². The first kappa shape index (κ1) is 21.7. The highest BCUT2D eigenvalue weighted by Gasteiger charge is 2.22. The molecule has 1 aromatic rings. The molecule has 0 saturated carbocycles. The largest absolute Gasteiger partial charge is 0.453 e. The van der Waals surface area contributed by atoms with E-state index in [2.05, 4.69) is 23.5 Å². The van der Waals surface area contributed by atoms with Crippen molar-refractivity contribution in [2.24, 2.45) is 0 Å². The lowest BCUT2D eigenvalue weighted by Crippen LogP contribution is -2.47. The third-order valence-electron chi connectivity index (χ3n) is 5.91. The smallest absolute Gasteiger partial charge is 0.409 e. The maximum absolute atomic E-state index is 12.8. The summed E-state index contributed by atoms with van der Waals surface area (Å²) in [5.41, 5.74) is 3.97. The summed E-state index contributed by atoms with van der Waals surface area (Å²) in [4.78, 5) is 27.9. The van der Waals surface area contributed by atoms with Crippen LogP contribution in [0.25, 0.3) is 0 Å². The fourth-order valence-electron chi connectivity index (χ4n) is 4.11. The van der Waals surface area contributed by atoms with Crippen LogP contribution in [-0.4, -0.2) is 55.1 Å². The van der Waals surface area contributed by atoms with Gasteiger partial charge in [0.2, 0.25) is 0 Å². The fraction of sp³-hybridized carbons (Fsp3) is 0.522. The standard InChI is InChI=1S/C23H30N4O3/c1-3-21(19-9-8-17-6-4-5-7-18(17)14-19)25-22(28)20(15-24)16-26-10-12-27(13-11-26)23(29)30-2/h8-9,14,16,21H,3-7,10-13H2,1-2H3,(H,25,28)/b20-16-. The number of fused-ring (bicyclic) bond motifs is 1. The minimum Gasteiger partial charge on any atom is -0.453 e. The van der Waals surface area contributed by atoms with Crippen molar-refractivity contribution in [3.05, 3.63) is 46.7 Å². The SMILES string of the molecule is CCC(NC(=O)/C(C#N)=C\N1CCN(C(=O)OC)CC1)c1ccc2c(c1)CCCC2. The Morgan fingerprint density at radius 1 is 1.20 bits per heavy atom. The van der Waals surface area contributed by atoms with Gasteiger partial charge in [-0.05, 0) is 48.8 Å². The van der Waals surface area contributed by atoms with Crippen LogP contribution >= 0.6 is 0 Å². The first-order valence-corrected chi connectivity index (χ1v) is 10.7. The summed E-state index contributed by atoms with van der Waals surface area (Å²) in [5, 5.41) is 12.6. The van der Waals surface area contributed by atoms with Crippen LogP contribution in [0.3, 0.4) is 0 Å². The molecule has 1 N–H and O–H groups in total. The summed E-state index contributed by atoms with van der Waals surface area (Å²) in [7, 11) is 1.36. The van der Waals surface area contributed by atoms with Crippen molar-refractivity contribution in [3.8, 4) is 6.07 Å². The Kier molecular flexibility index (Phi) is 7.34. The number of carbonyl (C=O) groups excluding carboxylic acids is 2. The molecule has 0 spiro atoms. The van der Waals surface area contributed by atoms with E-state index >= 15 is 0 Å². The Morgan fingerprint density at radius 3 is 2.53 bits per heavy atom. The minimum absolute atomic E-state index is 0.0814. The average Bonchev–Trinajstić information content (AvgIpc) is 2.80. The summed E-state index contributed by atoms with van der Waals surface area (Å²) in [6, 6.07) is 8.39. The lowest BCUT2D eigenvalue weighted by molar-refractivity contribution is -0.118. The number of nitrogens with zero attached hydrogens (tertiary/aromatic N) is 3. The number of hydrogen-bond donors (Lipinski definition) is 1. The van der Waals surface area contributed by atoms with E-state index in [0.29, 0.717) is 26.2 Å². The van der Waals surface area contributed by atoms with Gasteiger partial charge in [0, 0.05) is 32.4 Å². The molecule has 1 aliphatic heterocycles. The van der Waals surface area contributed by atoms with Crippen molar-refractivity contribution in [1.29, 1.82) is 5.26 Å². The number of piperazine rings is 1. The summed E-state index contributed by atoms with van der Waals surface area (Å²) >= 11 is 0. The summed E-state index contributed by atoms with van der Waals surface area (Å²) in [6.07, 6.45) is 6.67. The molecule has 7 nitrogen and oxygen atoms in total. The monoisotopic (exact) mass is 410 g/mol. The van der Waals surface area contributed by atoms with Crippen LogP contribution in [-0.2, 0) is 22.4 Å². The molecule has 1 saturated heterocycles. The van der Waals surface area contributed by atoms with Crippen molar-refractivity contribution >= 4 is 12.0 Å². The van der Waals surface area contributed by atoms with Gasteiger partial charge >= 0.3 is 6.09 Å². The minimum atomic E-state index is -0.363. The number of benzene rings is 1. The number of ether oxygens (including phenoxy) is 1. The molecule has 1 heterocycles. The molecule has 1 fully saturated rings. The highest BCUT2D eigenvalue weighted by Crippen LogP contribution is 2.26. The Morgan fingerprint density at radius 2 is 1.90 bits per heavy atom. The van der Waals surface area contributed by atoms with E-state index in [1.54, 1.807) is 11.1 Å². The normalized spacial score (nSPS) is 17.6. The van der Waals surface area contributed by atoms with Crippen molar-refractivity contribution in [2.75, 3.05) is 33.3 Å². The molecule has 0 bridgehead atoms. The number of aryl methyl sites for hydroxylation is 2. The summed E-state index contributed by atoms with van der Waals surface area (Å²) < 4.78 is 4.73. The number of carbonyl (C=O) groups is 2. The van der Waals surface area contributed by atoms with Gasteiger partial charge in [0.15, 0.2) is 0 Å². The van der Waals surface area contributed by atoms with Gasteiger partial charge in [-0.3, -0.25) is 4.79 Å². The third kappa shape index (κ3) is 5.12. The molecule has 3 rings (SSSR count). The van der Waals surface area contributed by atoms with Crippen molar-refractivity contribution in [2.45, 2.75) is 45.1 Å². The summed E-state index contributed by atoms with van der Waals surface area (Å²) in [5.74, 6) is -0.363. The molecule has 160 valence electrons. The first-order chi connectivity index (χ1) is 14.5. The van der Waals surface area contributed by atoms with E-state index in [4.69, 9.17) is 4.74 Å². The van der Waals surface area contributed by atoms with E-state index in [1.807, 2.05) is 17.9 Å². The quantitative estimate of drug-likeness (QED) is 0.596. The molecule has 1 atom stereocenters. The molecule has 30 heavy (non-hydrogen) atoms. The second kappa shape index (κ2) is 10.1. The number of amides is 2. The molecule has 1 unspecified atom stereocenters. The molecular formula is C23H30N4O3. The fourth-order valence-corrected chi connectivity index (χ4v) is 4.11. The van der Waals surface area contributed by atoms with Crippen molar-refractivity contribution < 1.29 is 14.3 Å². The van der Waals surface area contributed by atoms with Crippen LogP contribution in [0, 0.1) is 11.3 Å². The van der Waals surface area contributed by atoms with Crippen LogP contribution in [0.5, 0.6) is 0 Å². The van der Waals surface area contributed by atoms with Gasteiger partial charge in [-0.15, -0.1) is 0 Å². The molecule has 0 radical (unpaired) electrons. The Labute approximate surface area is 178 Å². The molecule has 1 aromatic carbocycles. The molecule has 2 amide bonds. The van der Waals surface area contributed by atoms with Gasteiger partial charge in [0.25, 0.3) is 5.91 Å². The average molecular weight is 411 g/mol. The maximum Gasteiger partial charge on any atom is 0.409 e. The molecular weight excluding hydrogens is 380 g/mol. The lowest BCUT2D eigenvalue weighted by Gasteiger charge is -2.33.